The van der Waals surface area contributed by atoms with Crippen molar-refractivity contribution in [1.82, 2.24) is 10.1 Å². The van der Waals surface area contributed by atoms with Gasteiger partial charge in [-0.1, -0.05) is 11.2 Å². The summed E-state index contributed by atoms with van der Waals surface area (Å²) in [7, 11) is 0. The third-order valence-electron chi connectivity index (χ3n) is 3.71. The first-order chi connectivity index (χ1) is 11.2. The Balaban J connectivity index is 1.82. The molecule has 0 saturated carbocycles. The smallest absolute Gasteiger partial charge is 0.292 e. The quantitative estimate of drug-likeness (QED) is 0.824. The fourth-order valence-electron chi connectivity index (χ4n) is 2.57. The Hall–Kier alpha value is -2.60. The van der Waals surface area contributed by atoms with E-state index >= 15 is 0 Å². The number of benzene rings is 1. The van der Waals surface area contributed by atoms with Gasteiger partial charge in [-0.25, -0.2) is 0 Å². The lowest BCUT2D eigenvalue weighted by Gasteiger charge is -2.17. The second-order valence-electron chi connectivity index (χ2n) is 5.26. The maximum atomic E-state index is 12.4. The summed E-state index contributed by atoms with van der Waals surface area (Å²) in [4.78, 5) is 13.8. The second-order valence-corrected chi connectivity index (χ2v) is 5.26. The molecule has 1 aromatic heterocycles. The highest BCUT2D eigenvalue weighted by Crippen LogP contribution is 2.30. The molecule has 6 nitrogen and oxygen atoms in total. The summed E-state index contributed by atoms with van der Waals surface area (Å²) in [6.45, 7) is 4.74. The Bertz CT molecular complexity index is 723. The number of nitrogens with zero attached hydrogens (tertiary/aromatic N) is 2. The molecule has 3 rings (SSSR count). The summed E-state index contributed by atoms with van der Waals surface area (Å²) in [5, 5.41) is 13.0. The first-order valence-electron chi connectivity index (χ1n) is 7.46. The number of hydrogen-bond acceptors (Lipinski definition) is 5. The average Bonchev–Trinajstić information content (AvgIpc) is 3.22. The van der Waals surface area contributed by atoms with E-state index in [1.54, 1.807) is 12.1 Å². The summed E-state index contributed by atoms with van der Waals surface area (Å²) in [6.07, 6.45) is 2.47. The van der Waals surface area contributed by atoms with Crippen LogP contribution < -0.4 is 4.74 Å². The van der Waals surface area contributed by atoms with Gasteiger partial charge in [-0.2, -0.15) is 0 Å². The number of ether oxygens (including phenoxy) is 1. The van der Waals surface area contributed by atoms with Crippen molar-refractivity contribution >= 4 is 5.91 Å². The number of aliphatic hydroxyl groups excluding tert-OH is 1. The molecule has 0 unspecified atom stereocenters. The van der Waals surface area contributed by atoms with Crippen molar-refractivity contribution in [2.45, 2.75) is 6.42 Å². The molecule has 1 aliphatic heterocycles. The molecule has 1 N–H and O–H groups in total. The van der Waals surface area contributed by atoms with Gasteiger partial charge in [-0.3, -0.25) is 4.79 Å². The van der Waals surface area contributed by atoms with E-state index in [9.17, 15) is 4.79 Å². The first-order valence-corrected chi connectivity index (χ1v) is 7.46. The minimum atomic E-state index is -0.317. The van der Waals surface area contributed by atoms with Gasteiger partial charge in [0.15, 0.2) is 0 Å². The van der Waals surface area contributed by atoms with E-state index in [1.807, 2.05) is 18.2 Å². The van der Waals surface area contributed by atoms with Gasteiger partial charge in [-0.05, 0) is 23.8 Å². The van der Waals surface area contributed by atoms with E-state index in [4.69, 9.17) is 14.4 Å². The lowest BCUT2D eigenvalue weighted by Crippen LogP contribution is -2.33. The summed E-state index contributed by atoms with van der Waals surface area (Å²) >= 11 is 0. The van der Waals surface area contributed by atoms with Gasteiger partial charge in [0.1, 0.15) is 11.4 Å². The van der Waals surface area contributed by atoms with Crippen LogP contribution in [-0.2, 0) is 6.42 Å². The molecule has 0 saturated heterocycles. The van der Waals surface area contributed by atoms with E-state index in [-0.39, 0.29) is 24.8 Å². The van der Waals surface area contributed by atoms with Crippen LogP contribution in [0.1, 0.15) is 16.1 Å². The Labute approximate surface area is 134 Å². The summed E-state index contributed by atoms with van der Waals surface area (Å²) in [6, 6.07) is 7.42. The number of hydrogen-bond donors (Lipinski definition) is 1. The molecular formula is C17H18N2O4. The molecule has 2 aromatic rings. The minimum absolute atomic E-state index is 0.120. The number of fused-ring (bicyclic) bond motifs is 1. The molecular weight excluding hydrogens is 296 g/mol. The first kappa shape index (κ1) is 15.3. The predicted molar refractivity (Wildman–Crippen MR) is 84.3 cm³/mol. The van der Waals surface area contributed by atoms with Crippen LogP contribution in [0.4, 0.5) is 0 Å². The van der Waals surface area contributed by atoms with Gasteiger partial charge in [0.05, 0.1) is 13.2 Å². The zero-order chi connectivity index (χ0) is 16.2. The second kappa shape index (κ2) is 6.66. The third-order valence-corrected chi connectivity index (χ3v) is 3.71. The SMILES string of the molecule is C=CCN(CCO)C(=O)c1cc(-c2ccc3c(c2)CCO3)no1. The van der Waals surface area contributed by atoms with E-state index in [0.717, 1.165) is 23.3 Å². The summed E-state index contributed by atoms with van der Waals surface area (Å²) in [5.74, 6) is 0.725. The highest BCUT2D eigenvalue weighted by Gasteiger charge is 2.20. The molecule has 0 aliphatic carbocycles. The zero-order valence-corrected chi connectivity index (χ0v) is 12.7. The molecule has 0 bridgehead atoms. The Morgan fingerprint density at radius 3 is 3.09 bits per heavy atom. The van der Waals surface area contributed by atoms with E-state index in [1.165, 1.54) is 4.90 Å². The average molecular weight is 314 g/mol. The van der Waals surface area contributed by atoms with Crippen molar-refractivity contribution in [1.29, 1.82) is 0 Å². The number of carbonyl (C=O) groups is 1. The molecule has 23 heavy (non-hydrogen) atoms. The van der Waals surface area contributed by atoms with E-state index < -0.39 is 0 Å². The van der Waals surface area contributed by atoms with E-state index in [2.05, 4.69) is 11.7 Å². The van der Waals surface area contributed by atoms with Gasteiger partial charge in [0.2, 0.25) is 5.76 Å². The minimum Gasteiger partial charge on any atom is -0.493 e. The molecule has 0 radical (unpaired) electrons. The lowest BCUT2D eigenvalue weighted by molar-refractivity contribution is 0.0701. The van der Waals surface area contributed by atoms with Gasteiger partial charge in [0.25, 0.3) is 5.91 Å². The van der Waals surface area contributed by atoms with Crippen molar-refractivity contribution in [3.8, 4) is 17.0 Å². The highest BCUT2D eigenvalue weighted by atomic mass is 16.5. The number of aliphatic hydroxyl groups is 1. The summed E-state index contributed by atoms with van der Waals surface area (Å²) in [5.41, 5.74) is 2.62. The number of amides is 1. The molecule has 1 aromatic carbocycles. The Morgan fingerprint density at radius 2 is 2.30 bits per heavy atom. The molecule has 2 heterocycles. The van der Waals surface area contributed by atoms with Crippen LogP contribution in [0.5, 0.6) is 5.75 Å². The Morgan fingerprint density at radius 1 is 1.43 bits per heavy atom. The van der Waals surface area contributed by atoms with Crippen LogP contribution in [0.15, 0.2) is 41.4 Å². The topological polar surface area (TPSA) is 75.8 Å². The van der Waals surface area contributed by atoms with Gasteiger partial charge in [0, 0.05) is 31.1 Å². The van der Waals surface area contributed by atoms with Crippen LogP contribution >= 0.6 is 0 Å². The number of rotatable bonds is 6. The molecule has 0 atom stereocenters. The number of carbonyl (C=O) groups excluding carboxylic acids is 1. The van der Waals surface area contributed by atoms with Crippen molar-refractivity contribution in [3.63, 3.8) is 0 Å². The maximum absolute atomic E-state index is 12.4. The van der Waals surface area contributed by atoms with Crippen LogP contribution in [0.3, 0.4) is 0 Å². The fraction of sp³-hybridized carbons (Fsp3) is 0.294. The Kier molecular flexibility index (Phi) is 4.43. The lowest BCUT2D eigenvalue weighted by atomic mass is 10.1. The fourth-order valence-corrected chi connectivity index (χ4v) is 2.57. The largest absolute Gasteiger partial charge is 0.493 e. The van der Waals surface area contributed by atoms with Crippen LogP contribution in [0.2, 0.25) is 0 Å². The summed E-state index contributed by atoms with van der Waals surface area (Å²) < 4.78 is 10.7. The van der Waals surface area contributed by atoms with Crippen LogP contribution in [0.25, 0.3) is 11.3 Å². The van der Waals surface area contributed by atoms with Gasteiger partial charge < -0.3 is 19.3 Å². The van der Waals surface area contributed by atoms with Gasteiger partial charge in [-0.15, -0.1) is 6.58 Å². The normalized spacial score (nSPS) is 12.6. The van der Waals surface area contributed by atoms with Crippen LogP contribution in [-0.4, -0.2) is 47.4 Å². The zero-order valence-electron chi connectivity index (χ0n) is 12.7. The standard InChI is InChI=1S/C17H18N2O4/c1-2-6-19(7-8-20)17(21)16-11-14(18-23-16)12-3-4-15-13(10-12)5-9-22-15/h2-4,10-11,20H,1,5-9H2. The van der Waals surface area contributed by atoms with Crippen LogP contribution in [0, 0.1) is 0 Å². The molecule has 120 valence electrons. The third kappa shape index (κ3) is 3.12. The molecule has 6 heteroatoms. The molecule has 0 fully saturated rings. The molecule has 0 spiro atoms. The maximum Gasteiger partial charge on any atom is 0.292 e. The van der Waals surface area contributed by atoms with Crippen molar-refractivity contribution in [3.05, 3.63) is 48.2 Å². The number of aromatic nitrogens is 1. The van der Waals surface area contributed by atoms with E-state index in [0.29, 0.717) is 18.8 Å². The van der Waals surface area contributed by atoms with Crippen molar-refractivity contribution < 1.29 is 19.2 Å². The van der Waals surface area contributed by atoms with Crippen molar-refractivity contribution in [2.75, 3.05) is 26.3 Å². The highest BCUT2D eigenvalue weighted by molar-refractivity contribution is 5.92. The van der Waals surface area contributed by atoms with Gasteiger partial charge >= 0.3 is 0 Å². The monoisotopic (exact) mass is 314 g/mol. The predicted octanol–water partition coefficient (Wildman–Crippen LogP) is 1.90. The van der Waals surface area contributed by atoms with Crippen molar-refractivity contribution in [2.24, 2.45) is 0 Å². The molecule has 1 aliphatic rings. The molecule has 1 amide bonds.